The van der Waals surface area contributed by atoms with Gasteiger partial charge in [0.25, 0.3) is 0 Å². The largest absolute Gasteiger partial charge is 0.466 e. The molecule has 0 radical (unpaired) electrons. The first-order valence-corrected chi connectivity index (χ1v) is 7.91. The van der Waals surface area contributed by atoms with Crippen molar-refractivity contribution in [1.82, 2.24) is 4.98 Å². The van der Waals surface area contributed by atoms with Crippen LogP contribution in [0.3, 0.4) is 0 Å². The van der Waals surface area contributed by atoms with Gasteiger partial charge in [0.05, 0.1) is 25.2 Å². The van der Waals surface area contributed by atoms with E-state index < -0.39 is 0 Å². The molecule has 0 saturated carbocycles. The lowest BCUT2D eigenvalue weighted by Gasteiger charge is -2.07. The molecule has 22 heavy (non-hydrogen) atoms. The number of halogens is 1. The lowest BCUT2D eigenvalue weighted by Crippen LogP contribution is -2.09. The van der Waals surface area contributed by atoms with Gasteiger partial charge in [-0.1, -0.05) is 6.07 Å². The summed E-state index contributed by atoms with van der Waals surface area (Å²) < 4.78 is 10.8. The summed E-state index contributed by atoms with van der Waals surface area (Å²) in [4.78, 5) is 27.0. The lowest BCUT2D eigenvalue weighted by molar-refractivity contribution is -0.142. The Hall–Kier alpha value is -1.82. The fraction of sp³-hybridized carbons (Fsp3) is 0.375. The molecule has 1 aromatic carbocycles. The van der Waals surface area contributed by atoms with Gasteiger partial charge in [0.1, 0.15) is 0 Å². The zero-order chi connectivity index (χ0) is 16.3. The van der Waals surface area contributed by atoms with Crippen molar-refractivity contribution in [1.29, 1.82) is 0 Å². The predicted octanol–water partition coefficient (Wildman–Crippen LogP) is 3.52. The third-order valence-electron chi connectivity index (χ3n) is 3.29. The van der Waals surface area contributed by atoms with Gasteiger partial charge in [-0.25, -0.2) is 4.79 Å². The highest BCUT2D eigenvalue weighted by Gasteiger charge is 2.21. The van der Waals surface area contributed by atoms with Crippen LogP contribution in [0.4, 0.5) is 0 Å². The zero-order valence-electron chi connectivity index (χ0n) is 12.8. The van der Waals surface area contributed by atoms with Crippen molar-refractivity contribution in [2.24, 2.45) is 0 Å². The normalized spacial score (nSPS) is 10.7. The number of esters is 2. The monoisotopic (exact) mass is 367 g/mol. The molecule has 1 heterocycles. The number of fused-ring (bicyclic) bond motifs is 1. The Labute approximate surface area is 137 Å². The number of hydrogen-bond donors (Lipinski definition) is 1. The first-order chi connectivity index (χ1) is 10.5. The Kier molecular flexibility index (Phi) is 5.24. The standard InChI is InChI=1S/C16H18BrNO4/c1-4-21-12(19)8-10-6-7-11-14(15(10)17)13(9(3)18-11)16(20)22-5-2/h6-7,18H,4-5,8H2,1-3H3. The SMILES string of the molecule is CCOC(=O)Cc1ccc2[nH]c(C)c(C(=O)OCC)c2c1Br. The van der Waals surface area contributed by atoms with Gasteiger partial charge in [0.15, 0.2) is 0 Å². The number of hydrogen-bond acceptors (Lipinski definition) is 4. The van der Waals surface area contributed by atoms with E-state index in [1.54, 1.807) is 13.8 Å². The molecule has 0 spiro atoms. The fourth-order valence-electron chi connectivity index (χ4n) is 2.38. The molecule has 0 fully saturated rings. The Balaban J connectivity index is 2.51. The van der Waals surface area contributed by atoms with Gasteiger partial charge >= 0.3 is 11.9 Å². The Morgan fingerprint density at radius 3 is 2.50 bits per heavy atom. The molecule has 1 aromatic heterocycles. The van der Waals surface area contributed by atoms with E-state index >= 15 is 0 Å². The van der Waals surface area contributed by atoms with Gasteiger partial charge in [0.2, 0.25) is 0 Å². The van der Waals surface area contributed by atoms with Crippen molar-refractivity contribution in [2.75, 3.05) is 13.2 Å². The number of carbonyl (C=O) groups excluding carboxylic acids is 2. The van der Waals surface area contributed by atoms with E-state index in [0.29, 0.717) is 23.2 Å². The second kappa shape index (κ2) is 6.96. The Morgan fingerprint density at radius 2 is 1.86 bits per heavy atom. The van der Waals surface area contributed by atoms with E-state index in [4.69, 9.17) is 9.47 Å². The maximum Gasteiger partial charge on any atom is 0.340 e. The maximum atomic E-state index is 12.2. The first-order valence-electron chi connectivity index (χ1n) is 7.11. The summed E-state index contributed by atoms with van der Waals surface area (Å²) in [5, 5.41) is 0.734. The van der Waals surface area contributed by atoms with Crippen molar-refractivity contribution in [3.8, 4) is 0 Å². The third kappa shape index (κ3) is 3.16. The van der Waals surface area contributed by atoms with Crippen LogP contribution in [-0.4, -0.2) is 30.1 Å². The smallest absolute Gasteiger partial charge is 0.340 e. The molecule has 2 aromatic rings. The average molecular weight is 368 g/mol. The van der Waals surface area contributed by atoms with E-state index in [-0.39, 0.29) is 18.4 Å². The van der Waals surface area contributed by atoms with Crippen LogP contribution >= 0.6 is 15.9 Å². The van der Waals surface area contributed by atoms with Crippen LogP contribution in [0.15, 0.2) is 16.6 Å². The summed E-state index contributed by atoms with van der Waals surface area (Å²) in [7, 11) is 0. The van der Waals surface area contributed by atoms with Crippen LogP contribution in [0, 0.1) is 6.92 Å². The molecule has 0 amide bonds. The molecule has 0 aliphatic rings. The Bertz CT molecular complexity index is 720. The van der Waals surface area contributed by atoms with Crippen molar-refractivity contribution in [2.45, 2.75) is 27.2 Å². The van der Waals surface area contributed by atoms with Crippen LogP contribution in [0.2, 0.25) is 0 Å². The molecule has 6 heteroatoms. The predicted molar refractivity (Wildman–Crippen MR) is 87.0 cm³/mol. The second-order valence-corrected chi connectivity index (χ2v) is 5.58. The van der Waals surface area contributed by atoms with Gasteiger partial charge in [-0.3, -0.25) is 4.79 Å². The van der Waals surface area contributed by atoms with Crippen LogP contribution in [-0.2, 0) is 20.7 Å². The number of nitrogens with one attached hydrogen (secondary N) is 1. The van der Waals surface area contributed by atoms with Gasteiger partial charge in [0, 0.05) is 21.1 Å². The molecule has 0 unspecified atom stereocenters. The number of H-pyrrole nitrogens is 1. The summed E-state index contributed by atoms with van der Waals surface area (Å²) in [6.45, 7) is 6.01. The highest BCUT2D eigenvalue weighted by molar-refractivity contribution is 9.10. The molecular formula is C16H18BrNO4. The number of aromatic nitrogens is 1. The van der Waals surface area contributed by atoms with E-state index in [9.17, 15) is 9.59 Å². The topological polar surface area (TPSA) is 68.4 Å². The number of carbonyl (C=O) groups is 2. The van der Waals surface area contributed by atoms with Crippen molar-refractivity contribution in [3.05, 3.63) is 33.4 Å². The molecule has 5 nitrogen and oxygen atoms in total. The van der Waals surface area contributed by atoms with E-state index in [0.717, 1.165) is 22.2 Å². The van der Waals surface area contributed by atoms with Crippen LogP contribution < -0.4 is 0 Å². The van der Waals surface area contributed by atoms with E-state index in [2.05, 4.69) is 20.9 Å². The first kappa shape index (κ1) is 16.5. The molecule has 0 aliphatic carbocycles. The number of benzene rings is 1. The average Bonchev–Trinajstić information content (AvgIpc) is 2.79. The minimum Gasteiger partial charge on any atom is -0.466 e. The molecular weight excluding hydrogens is 350 g/mol. The molecule has 0 saturated heterocycles. The summed E-state index contributed by atoms with van der Waals surface area (Å²) in [5.74, 6) is -0.673. The van der Waals surface area contributed by atoms with Crippen molar-refractivity contribution >= 4 is 38.8 Å². The number of aromatic amines is 1. The lowest BCUT2D eigenvalue weighted by atomic mass is 10.1. The molecule has 2 rings (SSSR count). The maximum absolute atomic E-state index is 12.2. The fourth-order valence-corrected chi connectivity index (χ4v) is 3.07. The highest BCUT2D eigenvalue weighted by atomic mass is 79.9. The molecule has 0 atom stereocenters. The number of aryl methyl sites for hydroxylation is 1. The zero-order valence-corrected chi connectivity index (χ0v) is 14.4. The molecule has 1 N–H and O–H groups in total. The van der Waals surface area contributed by atoms with Crippen LogP contribution in [0.1, 0.15) is 35.5 Å². The second-order valence-electron chi connectivity index (χ2n) is 4.79. The van der Waals surface area contributed by atoms with E-state index in [1.165, 1.54) is 0 Å². The minimum absolute atomic E-state index is 0.150. The van der Waals surface area contributed by atoms with Gasteiger partial charge in [-0.15, -0.1) is 0 Å². The summed E-state index contributed by atoms with van der Waals surface area (Å²) in [5.41, 5.74) is 2.83. The minimum atomic E-state index is -0.375. The van der Waals surface area contributed by atoms with Crippen LogP contribution in [0.25, 0.3) is 10.9 Å². The highest BCUT2D eigenvalue weighted by Crippen LogP contribution is 2.33. The van der Waals surface area contributed by atoms with Gasteiger partial charge in [-0.2, -0.15) is 0 Å². The van der Waals surface area contributed by atoms with Crippen molar-refractivity contribution in [3.63, 3.8) is 0 Å². The number of rotatable bonds is 5. The summed E-state index contributed by atoms with van der Waals surface area (Å²) in [6.07, 6.45) is 0.150. The van der Waals surface area contributed by atoms with Gasteiger partial charge in [-0.05, 0) is 48.3 Å². The molecule has 118 valence electrons. The summed E-state index contributed by atoms with van der Waals surface area (Å²) >= 11 is 3.51. The summed E-state index contributed by atoms with van der Waals surface area (Å²) in [6, 6.07) is 3.69. The Morgan fingerprint density at radius 1 is 1.18 bits per heavy atom. The molecule has 0 aliphatic heterocycles. The third-order valence-corrected chi connectivity index (χ3v) is 4.19. The quantitative estimate of drug-likeness (QED) is 0.820. The van der Waals surface area contributed by atoms with E-state index in [1.807, 2.05) is 19.1 Å². The number of ether oxygens (including phenoxy) is 2. The van der Waals surface area contributed by atoms with Crippen molar-refractivity contribution < 1.29 is 19.1 Å². The van der Waals surface area contributed by atoms with Gasteiger partial charge < -0.3 is 14.5 Å². The molecule has 0 bridgehead atoms. The van der Waals surface area contributed by atoms with Crippen LogP contribution in [0.5, 0.6) is 0 Å².